The van der Waals surface area contributed by atoms with Gasteiger partial charge < -0.3 is 20.1 Å². The first-order valence-electron chi connectivity index (χ1n) is 8.06. The van der Waals surface area contributed by atoms with E-state index in [9.17, 15) is 9.59 Å². The lowest BCUT2D eigenvalue weighted by Crippen LogP contribution is -2.22. The Morgan fingerprint density at radius 2 is 1.92 bits per heavy atom. The summed E-state index contributed by atoms with van der Waals surface area (Å²) in [5.74, 6) is -0.611. The molecule has 0 spiro atoms. The molecule has 2 aromatic rings. The van der Waals surface area contributed by atoms with Gasteiger partial charge in [0.1, 0.15) is 18.1 Å². The van der Waals surface area contributed by atoms with Crippen LogP contribution in [0.5, 0.6) is 5.75 Å². The standard InChI is InChI=1S/C19H19N3O4/c1-11-3-5-12(6-4-11)21-19(24)22-16-9-13(25-2)7-8-14(16)15-10-26-18(23)17(15)20/h3-9,15,20H,10H2,1-2H3,(H2,21,22,24)/t15-/m1/s1. The number of carbonyl (C=O) groups excluding carboxylic acids is 2. The lowest BCUT2D eigenvalue weighted by molar-refractivity contribution is -0.132. The van der Waals surface area contributed by atoms with E-state index < -0.39 is 17.9 Å². The van der Waals surface area contributed by atoms with E-state index in [0.29, 0.717) is 22.7 Å². The number of urea groups is 1. The van der Waals surface area contributed by atoms with Gasteiger partial charge in [-0.3, -0.25) is 5.41 Å². The van der Waals surface area contributed by atoms with Crippen LogP contribution in [0.4, 0.5) is 16.2 Å². The van der Waals surface area contributed by atoms with Gasteiger partial charge in [0.2, 0.25) is 0 Å². The van der Waals surface area contributed by atoms with Crippen LogP contribution in [0.15, 0.2) is 42.5 Å². The maximum Gasteiger partial charge on any atom is 0.352 e. The molecule has 0 radical (unpaired) electrons. The molecule has 7 heteroatoms. The highest BCUT2D eigenvalue weighted by Crippen LogP contribution is 2.32. The quantitative estimate of drug-likeness (QED) is 0.734. The van der Waals surface area contributed by atoms with Gasteiger partial charge in [-0.1, -0.05) is 23.8 Å². The number of rotatable bonds is 4. The van der Waals surface area contributed by atoms with E-state index in [1.165, 1.54) is 7.11 Å². The Bertz CT molecular complexity index is 862. The minimum absolute atomic E-state index is 0.0816. The molecule has 26 heavy (non-hydrogen) atoms. The topological polar surface area (TPSA) is 101 Å². The third kappa shape index (κ3) is 3.66. The Morgan fingerprint density at radius 3 is 2.54 bits per heavy atom. The highest BCUT2D eigenvalue weighted by molar-refractivity contribution is 6.39. The number of esters is 1. The second-order valence-electron chi connectivity index (χ2n) is 5.96. The van der Waals surface area contributed by atoms with Crippen LogP contribution < -0.4 is 15.4 Å². The molecule has 0 bridgehead atoms. The maximum atomic E-state index is 12.4. The van der Waals surface area contributed by atoms with E-state index in [1.54, 1.807) is 30.3 Å². The van der Waals surface area contributed by atoms with Gasteiger partial charge in [0.25, 0.3) is 0 Å². The number of hydrogen-bond acceptors (Lipinski definition) is 5. The van der Waals surface area contributed by atoms with Crippen LogP contribution in [0.25, 0.3) is 0 Å². The minimum atomic E-state index is -0.638. The largest absolute Gasteiger partial charge is 0.497 e. The number of methoxy groups -OCH3 is 1. The number of cyclic esters (lactones) is 1. The van der Waals surface area contributed by atoms with Gasteiger partial charge in [-0.25, -0.2) is 9.59 Å². The van der Waals surface area contributed by atoms with Crippen LogP contribution in [-0.2, 0) is 9.53 Å². The molecule has 1 aliphatic rings. The predicted molar refractivity (Wildman–Crippen MR) is 98.2 cm³/mol. The number of nitrogens with one attached hydrogen (secondary N) is 3. The second kappa shape index (κ2) is 7.26. The molecule has 0 unspecified atom stereocenters. The van der Waals surface area contributed by atoms with Crippen molar-refractivity contribution in [2.24, 2.45) is 0 Å². The summed E-state index contributed by atoms with van der Waals surface area (Å²) >= 11 is 0. The van der Waals surface area contributed by atoms with Crippen LogP contribution in [0.1, 0.15) is 17.0 Å². The van der Waals surface area contributed by atoms with Crippen LogP contribution in [0.2, 0.25) is 0 Å². The Hall–Kier alpha value is -3.35. The Kier molecular flexibility index (Phi) is 4.88. The molecule has 1 fully saturated rings. The van der Waals surface area contributed by atoms with Crippen molar-refractivity contribution in [1.82, 2.24) is 0 Å². The first kappa shape index (κ1) is 17.5. The molecular formula is C19H19N3O4. The van der Waals surface area contributed by atoms with E-state index in [0.717, 1.165) is 5.56 Å². The third-order valence-electron chi connectivity index (χ3n) is 4.14. The number of amides is 2. The molecular weight excluding hydrogens is 334 g/mol. The summed E-state index contributed by atoms with van der Waals surface area (Å²) in [6.45, 7) is 2.05. The average molecular weight is 353 g/mol. The molecule has 1 aliphatic heterocycles. The van der Waals surface area contributed by atoms with Crippen molar-refractivity contribution in [2.45, 2.75) is 12.8 Å². The van der Waals surface area contributed by atoms with Crippen molar-refractivity contribution >= 4 is 29.1 Å². The van der Waals surface area contributed by atoms with Crippen LogP contribution in [-0.4, -0.2) is 31.4 Å². The Morgan fingerprint density at radius 1 is 1.19 bits per heavy atom. The fourth-order valence-corrected chi connectivity index (χ4v) is 2.70. The van der Waals surface area contributed by atoms with E-state index in [4.69, 9.17) is 14.9 Å². The van der Waals surface area contributed by atoms with Gasteiger partial charge in [0.15, 0.2) is 0 Å². The number of carbonyl (C=O) groups is 2. The van der Waals surface area contributed by atoms with E-state index in [1.807, 2.05) is 19.1 Å². The number of hydrogen-bond donors (Lipinski definition) is 3. The second-order valence-corrected chi connectivity index (χ2v) is 5.96. The summed E-state index contributed by atoms with van der Waals surface area (Å²) in [5.41, 5.74) is 2.71. The molecule has 0 saturated carbocycles. The maximum absolute atomic E-state index is 12.4. The Labute approximate surface area is 150 Å². The molecule has 0 aromatic heterocycles. The van der Waals surface area contributed by atoms with Gasteiger partial charge in [-0.2, -0.15) is 0 Å². The van der Waals surface area contributed by atoms with Gasteiger partial charge >= 0.3 is 12.0 Å². The molecule has 2 amide bonds. The predicted octanol–water partition coefficient (Wildman–Crippen LogP) is 3.31. The van der Waals surface area contributed by atoms with E-state index >= 15 is 0 Å². The molecule has 1 atom stereocenters. The summed E-state index contributed by atoms with van der Waals surface area (Å²) in [5, 5.41) is 13.4. The van der Waals surface area contributed by atoms with Crippen molar-refractivity contribution < 1.29 is 19.1 Å². The minimum Gasteiger partial charge on any atom is -0.497 e. The molecule has 134 valence electrons. The van der Waals surface area contributed by atoms with Crippen molar-refractivity contribution in [1.29, 1.82) is 5.41 Å². The van der Waals surface area contributed by atoms with E-state index in [-0.39, 0.29) is 12.3 Å². The zero-order chi connectivity index (χ0) is 18.7. The number of benzene rings is 2. The SMILES string of the molecule is COc1ccc([C@H]2COC(=O)C2=N)c(NC(=O)Nc2ccc(C)cc2)c1. The molecule has 0 aliphatic carbocycles. The average Bonchev–Trinajstić information content (AvgIpc) is 2.96. The number of aryl methyl sites for hydroxylation is 1. The van der Waals surface area contributed by atoms with Crippen LogP contribution >= 0.6 is 0 Å². The molecule has 1 heterocycles. The van der Waals surface area contributed by atoms with Crippen molar-refractivity contribution in [2.75, 3.05) is 24.4 Å². The molecule has 2 aromatic carbocycles. The fourth-order valence-electron chi connectivity index (χ4n) is 2.70. The summed E-state index contributed by atoms with van der Waals surface area (Å²) < 4.78 is 10.1. The smallest absolute Gasteiger partial charge is 0.352 e. The first-order chi connectivity index (χ1) is 12.5. The normalized spacial score (nSPS) is 16.2. The Balaban J connectivity index is 1.83. The van der Waals surface area contributed by atoms with Crippen molar-refractivity contribution in [3.8, 4) is 5.75 Å². The van der Waals surface area contributed by atoms with Crippen LogP contribution in [0, 0.1) is 12.3 Å². The zero-order valence-corrected chi connectivity index (χ0v) is 14.5. The van der Waals surface area contributed by atoms with Crippen LogP contribution in [0.3, 0.4) is 0 Å². The first-order valence-corrected chi connectivity index (χ1v) is 8.06. The number of ether oxygens (including phenoxy) is 2. The molecule has 7 nitrogen and oxygen atoms in total. The fraction of sp³-hybridized carbons (Fsp3) is 0.211. The van der Waals surface area contributed by atoms with Crippen molar-refractivity contribution in [3.63, 3.8) is 0 Å². The summed E-state index contributed by atoms with van der Waals surface area (Å²) in [7, 11) is 1.52. The molecule has 3 rings (SSSR count). The van der Waals surface area contributed by atoms with Crippen molar-refractivity contribution in [3.05, 3.63) is 53.6 Å². The summed E-state index contributed by atoms with van der Waals surface area (Å²) in [4.78, 5) is 23.9. The third-order valence-corrected chi connectivity index (χ3v) is 4.14. The summed E-state index contributed by atoms with van der Waals surface area (Å²) in [6, 6.07) is 12.1. The van der Waals surface area contributed by atoms with Gasteiger partial charge in [0.05, 0.1) is 18.7 Å². The van der Waals surface area contributed by atoms with Gasteiger partial charge in [-0.15, -0.1) is 0 Å². The monoisotopic (exact) mass is 353 g/mol. The zero-order valence-electron chi connectivity index (χ0n) is 14.5. The van der Waals surface area contributed by atoms with Gasteiger partial charge in [-0.05, 0) is 30.7 Å². The molecule has 1 saturated heterocycles. The number of anilines is 2. The lowest BCUT2D eigenvalue weighted by atomic mass is 9.94. The van der Waals surface area contributed by atoms with Gasteiger partial charge in [0, 0.05) is 11.8 Å². The van der Waals surface area contributed by atoms with E-state index in [2.05, 4.69) is 10.6 Å². The summed E-state index contributed by atoms with van der Waals surface area (Å²) in [6.07, 6.45) is 0. The highest BCUT2D eigenvalue weighted by Gasteiger charge is 2.34. The highest BCUT2D eigenvalue weighted by atomic mass is 16.5. The molecule has 3 N–H and O–H groups in total. The lowest BCUT2D eigenvalue weighted by Gasteiger charge is -2.16.